The van der Waals surface area contributed by atoms with Crippen molar-refractivity contribution in [3.63, 3.8) is 0 Å². The number of rotatable bonds is 2. The van der Waals surface area contributed by atoms with E-state index in [0.29, 0.717) is 12.8 Å². The Morgan fingerprint density at radius 1 is 1.50 bits per heavy atom. The first-order valence-electron chi connectivity index (χ1n) is 3.47. The molecule has 0 aromatic heterocycles. The molecule has 0 heterocycles. The summed E-state index contributed by atoms with van der Waals surface area (Å²) in [7, 11) is 0. The van der Waals surface area contributed by atoms with Crippen LogP contribution in [0.5, 0.6) is 0 Å². The number of amides is 1. The Bertz CT molecular complexity index is 197. The summed E-state index contributed by atoms with van der Waals surface area (Å²) in [6.45, 7) is -1.30. The number of hydrogen-bond donors (Lipinski definition) is 2. The van der Waals surface area contributed by atoms with E-state index in [0.717, 1.165) is 0 Å². The first kappa shape index (κ1) is 9.31. The minimum absolute atomic E-state index is 0.469. The van der Waals surface area contributed by atoms with Crippen molar-refractivity contribution >= 4 is 5.91 Å². The summed E-state index contributed by atoms with van der Waals surface area (Å²) < 4.78 is 34.7. The summed E-state index contributed by atoms with van der Waals surface area (Å²) in [4.78, 5) is 10.8. The van der Waals surface area contributed by atoms with Gasteiger partial charge < -0.3 is 11.1 Å². The van der Waals surface area contributed by atoms with Gasteiger partial charge in [0.25, 0.3) is 0 Å². The van der Waals surface area contributed by atoms with Gasteiger partial charge in [0.15, 0.2) is 0 Å². The van der Waals surface area contributed by atoms with E-state index in [1.165, 1.54) is 0 Å². The minimum Gasteiger partial charge on any atom is -0.345 e. The normalized spacial score (nSPS) is 20.3. The molecule has 0 atom stereocenters. The van der Waals surface area contributed by atoms with Crippen molar-refractivity contribution < 1.29 is 18.0 Å². The number of alkyl halides is 3. The molecule has 0 bridgehead atoms. The monoisotopic (exact) mass is 182 g/mol. The lowest BCUT2D eigenvalue weighted by Gasteiger charge is -2.11. The second-order valence-corrected chi connectivity index (χ2v) is 2.95. The van der Waals surface area contributed by atoms with Gasteiger partial charge in [0.1, 0.15) is 6.54 Å². The van der Waals surface area contributed by atoms with Crippen LogP contribution < -0.4 is 11.1 Å². The SMILES string of the molecule is NC1(C(=O)NCC(F)(F)F)CC1. The van der Waals surface area contributed by atoms with Crippen molar-refractivity contribution in [2.75, 3.05) is 6.54 Å². The van der Waals surface area contributed by atoms with Crippen molar-refractivity contribution in [1.82, 2.24) is 5.32 Å². The molecule has 0 spiro atoms. The topological polar surface area (TPSA) is 55.1 Å². The van der Waals surface area contributed by atoms with Gasteiger partial charge in [-0.25, -0.2) is 0 Å². The van der Waals surface area contributed by atoms with Gasteiger partial charge in [-0.2, -0.15) is 13.2 Å². The molecule has 0 radical (unpaired) electrons. The zero-order chi connectivity index (χ0) is 9.41. The molecule has 0 aromatic rings. The van der Waals surface area contributed by atoms with Crippen LogP contribution in [0.1, 0.15) is 12.8 Å². The molecule has 0 aliphatic heterocycles. The Kier molecular flexibility index (Phi) is 2.03. The third kappa shape index (κ3) is 2.37. The van der Waals surface area contributed by atoms with Crippen LogP contribution >= 0.6 is 0 Å². The summed E-state index contributed by atoms with van der Waals surface area (Å²) in [6, 6.07) is 0. The van der Waals surface area contributed by atoms with Crippen molar-refractivity contribution in [2.45, 2.75) is 24.6 Å². The van der Waals surface area contributed by atoms with E-state index in [-0.39, 0.29) is 0 Å². The molecule has 6 heteroatoms. The quantitative estimate of drug-likeness (QED) is 0.639. The van der Waals surface area contributed by atoms with Crippen LogP contribution in [-0.2, 0) is 4.79 Å². The summed E-state index contributed by atoms with van der Waals surface area (Å²) >= 11 is 0. The van der Waals surface area contributed by atoms with Crippen molar-refractivity contribution in [3.8, 4) is 0 Å². The molecule has 3 N–H and O–H groups in total. The average molecular weight is 182 g/mol. The van der Waals surface area contributed by atoms with Crippen LogP contribution in [-0.4, -0.2) is 24.2 Å². The van der Waals surface area contributed by atoms with E-state index in [4.69, 9.17) is 5.73 Å². The number of nitrogens with one attached hydrogen (secondary N) is 1. The Morgan fingerprint density at radius 3 is 2.33 bits per heavy atom. The summed E-state index contributed by atoms with van der Waals surface area (Å²) in [5.41, 5.74) is 4.32. The highest BCUT2D eigenvalue weighted by atomic mass is 19.4. The molecule has 1 amide bonds. The largest absolute Gasteiger partial charge is 0.405 e. The van der Waals surface area contributed by atoms with Gasteiger partial charge in [-0.1, -0.05) is 0 Å². The zero-order valence-electron chi connectivity index (χ0n) is 6.24. The highest BCUT2D eigenvalue weighted by Crippen LogP contribution is 2.32. The highest BCUT2D eigenvalue weighted by molar-refractivity contribution is 5.88. The van der Waals surface area contributed by atoms with Gasteiger partial charge in [-0.05, 0) is 12.8 Å². The fourth-order valence-corrected chi connectivity index (χ4v) is 0.718. The minimum atomic E-state index is -4.36. The second kappa shape index (κ2) is 2.62. The van der Waals surface area contributed by atoms with Gasteiger partial charge in [-0.15, -0.1) is 0 Å². The Hall–Kier alpha value is -0.780. The molecule has 3 nitrogen and oxygen atoms in total. The summed E-state index contributed by atoms with van der Waals surface area (Å²) in [5, 5.41) is 1.74. The molecule has 0 aromatic carbocycles. The predicted octanol–water partition coefficient (Wildman–Crippen LogP) is 0.156. The number of hydrogen-bond acceptors (Lipinski definition) is 2. The molecule has 0 unspecified atom stereocenters. The standard InChI is InChI=1S/C6H9F3N2O/c7-6(8,9)3-11-4(12)5(10)1-2-5/h1-3,10H2,(H,11,12). The lowest BCUT2D eigenvalue weighted by atomic mass is 10.3. The van der Waals surface area contributed by atoms with E-state index in [1.54, 1.807) is 5.32 Å². The third-order valence-electron chi connectivity index (χ3n) is 1.69. The molecule has 0 saturated heterocycles. The van der Waals surface area contributed by atoms with Gasteiger partial charge >= 0.3 is 6.18 Å². The van der Waals surface area contributed by atoms with Gasteiger partial charge in [0.2, 0.25) is 5.91 Å². The maximum atomic E-state index is 11.6. The molecule has 70 valence electrons. The Morgan fingerprint density at radius 2 is 2.00 bits per heavy atom. The van der Waals surface area contributed by atoms with Crippen LogP contribution in [0.4, 0.5) is 13.2 Å². The average Bonchev–Trinajstić information content (AvgIpc) is 2.62. The van der Waals surface area contributed by atoms with E-state index in [1.807, 2.05) is 0 Å². The van der Waals surface area contributed by atoms with Crippen LogP contribution in [0.3, 0.4) is 0 Å². The van der Waals surface area contributed by atoms with Crippen LogP contribution in [0.2, 0.25) is 0 Å². The maximum absolute atomic E-state index is 11.6. The molecule has 1 aliphatic rings. The number of nitrogens with two attached hydrogens (primary N) is 1. The third-order valence-corrected chi connectivity index (χ3v) is 1.69. The van der Waals surface area contributed by atoms with E-state index < -0.39 is 24.2 Å². The first-order valence-corrected chi connectivity index (χ1v) is 3.47. The van der Waals surface area contributed by atoms with Crippen molar-refractivity contribution in [2.24, 2.45) is 5.73 Å². The lowest BCUT2D eigenvalue weighted by Crippen LogP contribution is -2.45. The predicted molar refractivity (Wildman–Crippen MR) is 35.2 cm³/mol. The van der Waals surface area contributed by atoms with Gasteiger partial charge in [0.05, 0.1) is 5.54 Å². The molecular weight excluding hydrogens is 173 g/mol. The van der Waals surface area contributed by atoms with E-state index in [2.05, 4.69) is 0 Å². The first-order chi connectivity index (χ1) is 5.33. The Balaban J connectivity index is 2.29. The van der Waals surface area contributed by atoms with E-state index in [9.17, 15) is 18.0 Å². The number of carbonyl (C=O) groups is 1. The van der Waals surface area contributed by atoms with Crippen molar-refractivity contribution in [1.29, 1.82) is 0 Å². The lowest BCUT2D eigenvalue weighted by molar-refractivity contribution is -0.139. The van der Waals surface area contributed by atoms with Crippen LogP contribution in [0.25, 0.3) is 0 Å². The number of carbonyl (C=O) groups excluding carboxylic acids is 1. The molecule has 1 rings (SSSR count). The molecular formula is C6H9F3N2O. The number of halogens is 3. The van der Waals surface area contributed by atoms with Gasteiger partial charge in [-0.3, -0.25) is 4.79 Å². The molecule has 1 aliphatic carbocycles. The molecule has 1 fully saturated rings. The zero-order valence-corrected chi connectivity index (χ0v) is 6.24. The maximum Gasteiger partial charge on any atom is 0.405 e. The van der Waals surface area contributed by atoms with Crippen LogP contribution in [0.15, 0.2) is 0 Å². The van der Waals surface area contributed by atoms with Gasteiger partial charge in [0, 0.05) is 0 Å². The van der Waals surface area contributed by atoms with Crippen LogP contribution in [0, 0.1) is 0 Å². The second-order valence-electron chi connectivity index (χ2n) is 2.95. The van der Waals surface area contributed by atoms with E-state index >= 15 is 0 Å². The Labute approximate surface area is 67.1 Å². The fourth-order valence-electron chi connectivity index (χ4n) is 0.718. The molecule has 1 saturated carbocycles. The fraction of sp³-hybridized carbons (Fsp3) is 0.833. The summed E-state index contributed by atoms with van der Waals surface area (Å²) in [5.74, 6) is -0.708. The summed E-state index contributed by atoms with van der Waals surface area (Å²) in [6.07, 6.45) is -3.42. The van der Waals surface area contributed by atoms with Crippen molar-refractivity contribution in [3.05, 3.63) is 0 Å². The smallest absolute Gasteiger partial charge is 0.345 e. The molecule has 12 heavy (non-hydrogen) atoms. The highest BCUT2D eigenvalue weighted by Gasteiger charge is 2.46.